The predicted octanol–water partition coefficient (Wildman–Crippen LogP) is 0.777. The normalized spacial score (nSPS) is 10.6. The summed E-state index contributed by atoms with van der Waals surface area (Å²) in [6, 6.07) is 9.11. The average molecular weight is 264 g/mol. The number of nitrogens with two attached hydrogens (primary N) is 2. The first-order chi connectivity index (χ1) is 9.01. The molecule has 1 amide bonds. The van der Waals surface area contributed by atoms with Crippen LogP contribution in [0.25, 0.3) is 0 Å². The van der Waals surface area contributed by atoms with Crippen LogP contribution in [0.2, 0.25) is 0 Å². The molecule has 0 saturated carbocycles. The van der Waals surface area contributed by atoms with E-state index in [1.54, 1.807) is 6.92 Å². The number of ether oxygens (including phenoxy) is 1. The summed E-state index contributed by atoms with van der Waals surface area (Å²) in [7, 11) is 0. The number of carbonyl (C=O) groups excluding carboxylic acids is 2. The molecule has 1 atom stereocenters. The monoisotopic (exact) mass is 264 g/mol. The van der Waals surface area contributed by atoms with E-state index < -0.39 is 11.9 Å². The fraction of sp³-hybridized carbons (Fsp3) is 0.286. The summed E-state index contributed by atoms with van der Waals surface area (Å²) >= 11 is 0. The molecular formula is C14H20N2O3. The van der Waals surface area contributed by atoms with Gasteiger partial charge < -0.3 is 16.2 Å². The molecule has 1 aromatic carbocycles. The van der Waals surface area contributed by atoms with Crippen LogP contribution in [0.5, 0.6) is 0 Å². The first-order valence-corrected chi connectivity index (χ1v) is 5.89. The number of amides is 1. The summed E-state index contributed by atoms with van der Waals surface area (Å²) < 4.78 is 4.81. The quantitative estimate of drug-likeness (QED) is 0.606. The van der Waals surface area contributed by atoms with Crippen LogP contribution >= 0.6 is 0 Å². The zero-order valence-electron chi connectivity index (χ0n) is 11.0. The molecule has 0 aliphatic heterocycles. The van der Waals surface area contributed by atoms with E-state index in [0.717, 1.165) is 11.6 Å². The molecule has 4 N–H and O–H groups in total. The van der Waals surface area contributed by atoms with Crippen LogP contribution in [-0.4, -0.2) is 24.5 Å². The topological polar surface area (TPSA) is 95.4 Å². The van der Waals surface area contributed by atoms with Gasteiger partial charge in [-0.05, 0) is 25.0 Å². The highest BCUT2D eigenvalue weighted by atomic mass is 16.5. The molecule has 0 aliphatic rings. The lowest BCUT2D eigenvalue weighted by Crippen LogP contribution is -2.34. The molecule has 0 aromatic heterocycles. The van der Waals surface area contributed by atoms with Gasteiger partial charge >= 0.3 is 5.97 Å². The molecule has 0 spiro atoms. The zero-order valence-corrected chi connectivity index (χ0v) is 11.0. The third kappa shape index (κ3) is 8.57. The molecule has 0 radical (unpaired) electrons. The summed E-state index contributed by atoms with van der Waals surface area (Å²) in [6.07, 6.45) is 1.58. The van der Waals surface area contributed by atoms with E-state index >= 15 is 0 Å². The molecule has 0 bridgehead atoms. The first kappa shape index (κ1) is 16.9. The van der Waals surface area contributed by atoms with E-state index in [2.05, 4.69) is 12.3 Å². The molecule has 104 valence electrons. The minimum Gasteiger partial charge on any atom is -0.465 e. The number of hydrogen-bond acceptors (Lipinski definition) is 4. The van der Waals surface area contributed by atoms with E-state index in [1.807, 2.05) is 30.3 Å². The molecule has 0 unspecified atom stereocenters. The molecule has 1 rings (SSSR count). The number of hydrogen-bond donors (Lipinski definition) is 2. The second-order valence-electron chi connectivity index (χ2n) is 3.65. The second kappa shape index (κ2) is 9.85. The lowest BCUT2D eigenvalue weighted by atomic mass is 10.1. The fourth-order valence-electron chi connectivity index (χ4n) is 1.20. The number of carbonyl (C=O) groups is 2. The maximum absolute atomic E-state index is 11.2. The van der Waals surface area contributed by atoms with Gasteiger partial charge in [0.2, 0.25) is 5.91 Å². The molecule has 0 aliphatic carbocycles. The van der Waals surface area contributed by atoms with E-state index in [0.29, 0.717) is 13.0 Å². The smallest absolute Gasteiger partial charge is 0.323 e. The van der Waals surface area contributed by atoms with Crippen molar-refractivity contribution < 1.29 is 14.3 Å². The van der Waals surface area contributed by atoms with Crippen LogP contribution in [0.4, 0.5) is 0 Å². The van der Waals surface area contributed by atoms with Crippen molar-refractivity contribution in [2.45, 2.75) is 19.4 Å². The van der Waals surface area contributed by atoms with Crippen molar-refractivity contribution in [2.24, 2.45) is 11.5 Å². The number of primary amides is 1. The van der Waals surface area contributed by atoms with Gasteiger partial charge in [-0.25, -0.2) is 0 Å². The van der Waals surface area contributed by atoms with Crippen LogP contribution in [0.15, 0.2) is 43.0 Å². The Kier molecular flexibility index (Phi) is 8.74. The highest BCUT2D eigenvalue weighted by Gasteiger charge is 2.14. The van der Waals surface area contributed by atoms with Gasteiger partial charge in [0.15, 0.2) is 0 Å². The lowest BCUT2D eigenvalue weighted by molar-refractivity contribution is -0.144. The van der Waals surface area contributed by atoms with Crippen molar-refractivity contribution in [3.63, 3.8) is 0 Å². The average Bonchev–Trinajstić information content (AvgIpc) is 2.40. The standard InChI is InChI=1S/C11H15NO2.C3H5NO/c1-2-14-11(13)10(12)8-9-6-4-3-5-7-9;1-2-3(4)5/h3-7,10H,2,8,12H2,1H3;2H,1H2,(H2,4,5)/t10-;/m0./s1. The molecular weight excluding hydrogens is 244 g/mol. The van der Waals surface area contributed by atoms with Gasteiger partial charge in [-0.3, -0.25) is 9.59 Å². The van der Waals surface area contributed by atoms with Crippen molar-refractivity contribution in [3.8, 4) is 0 Å². The zero-order chi connectivity index (χ0) is 14.7. The van der Waals surface area contributed by atoms with E-state index in [1.165, 1.54) is 0 Å². The van der Waals surface area contributed by atoms with Crippen LogP contribution in [-0.2, 0) is 20.7 Å². The van der Waals surface area contributed by atoms with Crippen LogP contribution < -0.4 is 11.5 Å². The summed E-state index contributed by atoms with van der Waals surface area (Å²) in [5.74, 6) is -0.818. The van der Waals surface area contributed by atoms with E-state index in [9.17, 15) is 9.59 Å². The highest BCUT2D eigenvalue weighted by molar-refractivity contribution is 5.84. The van der Waals surface area contributed by atoms with Gasteiger partial charge in [-0.15, -0.1) is 0 Å². The van der Waals surface area contributed by atoms with E-state index in [4.69, 9.17) is 10.5 Å². The number of benzene rings is 1. The molecule has 0 heterocycles. The Hall–Kier alpha value is -2.14. The van der Waals surface area contributed by atoms with E-state index in [-0.39, 0.29) is 5.97 Å². The van der Waals surface area contributed by atoms with Gasteiger partial charge in [0.05, 0.1) is 6.61 Å². The Morgan fingerprint density at radius 1 is 1.37 bits per heavy atom. The van der Waals surface area contributed by atoms with Gasteiger partial charge in [0, 0.05) is 0 Å². The second-order valence-corrected chi connectivity index (χ2v) is 3.65. The minimum absolute atomic E-state index is 0.337. The third-order valence-electron chi connectivity index (χ3n) is 2.09. The molecule has 0 fully saturated rings. The molecule has 1 aromatic rings. The summed E-state index contributed by atoms with van der Waals surface area (Å²) in [5.41, 5.74) is 11.2. The Morgan fingerprint density at radius 2 is 1.89 bits per heavy atom. The number of esters is 1. The minimum atomic E-state index is -0.558. The van der Waals surface area contributed by atoms with Crippen molar-refractivity contribution in [1.29, 1.82) is 0 Å². The Balaban J connectivity index is 0.000000555. The van der Waals surface area contributed by atoms with Crippen molar-refractivity contribution in [3.05, 3.63) is 48.6 Å². The van der Waals surface area contributed by atoms with Crippen molar-refractivity contribution in [2.75, 3.05) is 6.61 Å². The van der Waals surface area contributed by atoms with Gasteiger partial charge in [-0.1, -0.05) is 36.9 Å². The van der Waals surface area contributed by atoms with Crippen molar-refractivity contribution >= 4 is 11.9 Å². The summed E-state index contributed by atoms with van der Waals surface area (Å²) in [5, 5.41) is 0. The van der Waals surface area contributed by atoms with Crippen LogP contribution in [0, 0.1) is 0 Å². The summed E-state index contributed by atoms with van der Waals surface area (Å²) in [6.45, 7) is 5.23. The van der Waals surface area contributed by atoms with Crippen molar-refractivity contribution in [1.82, 2.24) is 0 Å². The summed E-state index contributed by atoms with van der Waals surface area (Å²) in [4.78, 5) is 20.7. The first-order valence-electron chi connectivity index (χ1n) is 5.89. The largest absolute Gasteiger partial charge is 0.465 e. The molecule has 0 saturated heterocycles. The molecule has 5 heteroatoms. The third-order valence-corrected chi connectivity index (χ3v) is 2.09. The maximum atomic E-state index is 11.2. The van der Waals surface area contributed by atoms with Crippen LogP contribution in [0.1, 0.15) is 12.5 Å². The Bertz CT molecular complexity index is 404. The van der Waals surface area contributed by atoms with Gasteiger partial charge in [-0.2, -0.15) is 0 Å². The number of rotatable bonds is 5. The Morgan fingerprint density at radius 3 is 2.32 bits per heavy atom. The SMILES string of the molecule is C=CC(N)=O.CCOC(=O)[C@@H](N)Cc1ccccc1. The highest BCUT2D eigenvalue weighted by Crippen LogP contribution is 2.02. The molecule has 5 nitrogen and oxygen atoms in total. The van der Waals surface area contributed by atoms with Crippen LogP contribution in [0.3, 0.4) is 0 Å². The predicted molar refractivity (Wildman–Crippen MR) is 74.1 cm³/mol. The van der Waals surface area contributed by atoms with Gasteiger partial charge in [0.1, 0.15) is 6.04 Å². The fourth-order valence-corrected chi connectivity index (χ4v) is 1.20. The van der Waals surface area contributed by atoms with Gasteiger partial charge in [0.25, 0.3) is 0 Å². The maximum Gasteiger partial charge on any atom is 0.323 e. The lowest BCUT2D eigenvalue weighted by Gasteiger charge is -2.09. The molecule has 19 heavy (non-hydrogen) atoms. The Labute approximate surface area is 113 Å².